The number of carbonyl (C=O) groups excluding carboxylic acids is 1. The summed E-state index contributed by atoms with van der Waals surface area (Å²) in [5.74, 6) is -0.430. The number of benzene rings is 1. The molecule has 1 N–H and O–H groups in total. The average Bonchev–Trinajstić information content (AvgIpc) is 2.86. The van der Waals surface area contributed by atoms with Crippen LogP contribution in [0.15, 0.2) is 24.3 Å². The number of nitrogens with one attached hydrogen (secondary N) is 1. The lowest BCUT2D eigenvalue weighted by atomic mass is 10.1. The number of hydrogen-bond acceptors (Lipinski definition) is 3. The van der Waals surface area contributed by atoms with Gasteiger partial charge in [-0.05, 0) is 32.0 Å². The Hall–Kier alpha value is -2.25. The van der Waals surface area contributed by atoms with Crippen LogP contribution in [0.4, 0.5) is 14.5 Å². The summed E-state index contributed by atoms with van der Waals surface area (Å²) in [6.07, 6.45) is -2.66. The maximum atomic E-state index is 13.3. The highest BCUT2D eigenvalue weighted by Gasteiger charge is 2.21. The molecule has 0 saturated heterocycles. The number of hydrogen-bond donors (Lipinski definition) is 1. The van der Waals surface area contributed by atoms with Gasteiger partial charge in [-0.15, -0.1) is 0 Å². The van der Waals surface area contributed by atoms with Crippen molar-refractivity contribution in [2.24, 2.45) is 0 Å². The summed E-state index contributed by atoms with van der Waals surface area (Å²) < 4.78 is 28.0. The fraction of sp³-hybridized carbons (Fsp3) is 0.235. The van der Waals surface area contributed by atoms with Gasteiger partial charge in [-0.1, -0.05) is 29.3 Å². The summed E-state index contributed by atoms with van der Waals surface area (Å²) in [5.41, 5.74) is 1.26. The van der Waals surface area contributed by atoms with Crippen molar-refractivity contribution in [2.45, 2.75) is 26.8 Å². The number of carbonyl (C=O) groups is 1. The lowest BCUT2D eigenvalue weighted by Gasteiger charge is -2.09. The van der Waals surface area contributed by atoms with E-state index in [9.17, 15) is 13.6 Å². The molecule has 3 rings (SSSR count). The predicted molar refractivity (Wildman–Crippen MR) is 97.1 cm³/mol. The molecule has 5 nitrogen and oxygen atoms in total. The number of alkyl halides is 2. The Balaban J connectivity index is 1.94. The van der Waals surface area contributed by atoms with Crippen molar-refractivity contribution in [2.75, 3.05) is 5.32 Å². The van der Waals surface area contributed by atoms with Crippen LogP contribution in [-0.4, -0.2) is 20.7 Å². The number of anilines is 1. The molecule has 0 fully saturated rings. The Morgan fingerprint density at radius 3 is 2.73 bits per heavy atom. The Bertz CT molecular complexity index is 1000. The van der Waals surface area contributed by atoms with Gasteiger partial charge in [-0.25, -0.2) is 18.4 Å². The molecule has 26 heavy (non-hydrogen) atoms. The molecule has 0 aliphatic rings. The monoisotopic (exact) mass is 398 g/mol. The van der Waals surface area contributed by atoms with Crippen LogP contribution in [0.5, 0.6) is 0 Å². The molecule has 2 heterocycles. The van der Waals surface area contributed by atoms with E-state index in [1.807, 2.05) is 0 Å². The number of rotatable bonds is 4. The van der Waals surface area contributed by atoms with E-state index < -0.39 is 12.3 Å². The SMILES string of the molecule is Cc1cc(C(F)F)c2c(C)nn(CC(=O)Nc3cccc(Cl)c3Cl)c2n1. The third kappa shape index (κ3) is 3.50. The van der Waals surface area contributed by atoms with Crippen LogP contribution < -0.4 is 5.32 Å². The topological polar surface area (TPSA) is 59.8 Å². The zero-order valence-corrected chi connectivity index (χ0v) is 15.4. The Morgan fingerprint density at radius 2 is 2.04 bits per heavy atom. The number of halogens is 4. The van der Waals surface area contributed by atoms with E-state index in [4.69, 9.17) is 23.2 Å². The van der Waals surface area contributed by atoms with Gasteiger partial charge in [0.15, 0.2) is 5.65 Å². The quantitative estimate of drug-likeness (QED) is 0.677. The van der Waals surface area contributed by atoms with Crippen LogP contribution in [0.2, 0.25) is 10.0 Å². The maximum Gasteiger partial charge on any atom is 0.264 e. The molecule has 1 amide bonds. The molecule has 0 aliphatic carbocycles. The second kappa shape index (κ2) is 7.17. The Labute approximate surface area is 157 Å². The molecule has 1 aromatic carbocycles. The van der Waals surface area contributed by atoms with Crippen molar-refractivity contribution in [1.82, 2.24) is 14.8 Å². The minimum absolute atomic E-state index is 0.144. The first-order valence-corrected chi connectivity index (χ1v) is 8.40. The highest BCUT2D eigenvalue weighted by Crippen LogP contribution is 2.31. The van der Waals surface area contributed by atoms with Gasteiger partial charge in [-0.3, -0.25) is 4.79 Å². The fourth-order valence-electron chi connectivity index (χ4n) is 2.73. The van der Waals surface area contributed by atoms with Gasteiger partial charge in [0.05, 0.1) is 26.8 Å². The van der Waals surface area contributed by atoms with Crippen LogP contribution in [0, 0.1) is 13.8 Å². The first kappa shape index (κ1) is 18.5. The molecular formula is C17H14Cl2F2N4O. The minimum Gasteiger partial charge on any atom is -0.323 e. The molecular weight excluding hydrogens is 385 g/mol. The van der Waals surface area contributed by atoms with E-state index in [0.717, 1.165) is 0 Å². The van der Waals surface area contributed by atoms with Gasteiger partial charge in [0, 0.05) is 11.3 Å². The number of aromatic nitrogens is 3. The fourth-order valence-corrected chi connectivity index (χ4v) is 3.07. The van der Waals surface area contributed by atoms with E-state index in [0.29, 0.717) is 22.1 Å². The van der Waals surface area contributed by atoms with Crippen LogP contribution in [-0.2, 0) is 11.3 Å². The van der Waals surface area contributed by atoms with Gasteiger partial charge in [-0.2, -0.15) is 5.10 Å². The standard InChI is InChI=1S/C17H14Cl2F2N4O/c1-8-6-10(16(20)21)14-9(2)24-25(17(14)22-8)7-13(26)23-12-5-3-4-11(18)15(12)19/h3-6,16H,7H2,1-2H3,(H,23,26). The lowest BCUT2D eigenvalue weighted by molar-refractivity contribution is -0.116. The largest absolute Gasteiger partial charge is 0.323 e. The summed E-state index contributed by atoms with van der Waals surface area (Å²) >= 11 is 12.0. The summed E-state index contributed by atoms with van der Waals surface area (Å²) in [6.45, 7) is 3.02. The van der Waals surface area contributed by atoms with Crippen molar-refractivity contribution < 1.29 is 13.6 Å². The Kier molecular flexibility index (Phi) is 5.11. The third-order valence-corrected chi connectivity index (χ3v) is 4.61. The average molecular weight is 399 g/mol. The molecule has 0 bridgehead atoms. The second-order valence-corrected chi connectivity index (χ2v) is 6.53. The predicted octanol–water partition coefficient (Wildman–Crippen LogP) is 4.93. The van der Waals surface area contributed by atoms with Crippen molar-refractivity contribution in [3.8, 4) is 0 Å². The van der Waals surface area contributed by atoms with E-state index in [2.05, 4.69) is 15.4 Å². The second-order valence-electron chi connectivity index (χ2n) is 5.74. The van der Waals surface area contributed by atoms with E-state index in [1.165, 1.54) is 10.7 Å². The molecule has 9 heteroatoms. The smallest absolute Gasteiger partial charge is 0.264 e. The summed E-state index contributed by atoms with van der Waals surface area (Å²) in [7, 11) is 0. The number of aryl methyl sites for hydroxylation is 2. The van der Waals surface area contributed by atoms with E-state index in [1.54, 1.807) is 32.0 Å². The molecule has 3 aromatic rings. The van der Waals surface area contributed by atoms with Crippen LogP contribution in [0.1, 0.15) is 23.4 Å². The molecule has 0 unspecified atom stereocenters. The summed E-state index contributed by atoms with van der Waals surface area (Å²) in [4.78, 5) is 16.6. The third-order valence-electron chi connectivity index (χ3n) is 3.79. The normalized spacial score (nSPS) is 11.3. The molecule has 0 radical (unpaired) electrons. The first-order valence-electron chi connectivity index (χ1n) is 7.64. The molecule has 2 aromatic heterocycles. The molecule has 0 atom stereocenters. The zero-order chi connectivity index (χ0) is 19.0. The molecule has 0 aliphatic heterocycles. The Morgan fingerprint density at radius 1 is 1.31 bits per heavy atom. The van der Waals surface area contributed by atoms with Crippen molar-refractivity contribution >= 4 is 45.8 Å². The highest BCUT2D eigenvalue weighted by atomic mass is 35.5. The highest BCUT2D eigenvalue weighted by molar-refractivity contribution is 6.43. The number of pyridine rings is 1. The maximum absolute atomic E-state index is 13.3. The first-order chi connectivity index (χ1) is 12.3. The van der Waals surface area contributed by atoms with Crippen LogP contribution in [0.3, 0.4) is 0 Å². The minimum atomic E-state index is -2.66. The summed E-state index contributed by atoms with van der Waals surface area (Å²) in [6, 6.07) is 6.19. The zero-order valence-electron chi connectivity index (χ0n) is 13.9. The number of fused-ring (bicyclic) bond motifs is 1. The lowest BCUT2D eigenvalue weighted by Crippen LogP contribution is -2.20. The van der Waals surface area contributed by atoms with Crippen molar-refractivity contribution in [1.29, 1.82) is 0 Å². The number of amides is 1. The van der Waals surface area contributed by atoms with E-state index in [-0.39, 0.29) is 28.2 Å². The van der Waals surface area contributed by atoms with Gasteiger partial charge in [0.1, 0.15) is 6.54 Å². The van der Waals surface area contributed by atoms with Gasteiger partial charge in [0.2, 0.25) is 5.91 Å². The molecule has 0 saturated carbocycles. The summed E-state index contributed by atoms with van der Waals surface area (Å²) in [5, 5.41) is 7.62. The molecule has 136 valence electrons. The van der Waals surface area contributed by atoms with Crippen LogP contribution >= 0.6 is 23.2 Å². The van der Waals surface area contributed by atoms with Gasteiger partial charge < -0.3 is 5.32 Å². The van der Waals surface area contributed by atoms with Gasteiger partial charge >= 0.3 is 0 Å². The van der Waals surface area contributed by atoms with Gasteiger partial charge in [0.25, 0.3) is 6.43 Å². The van der Waals surface area contributed by atoms with Crippen LogP contribution in [0.25, 0.3) is 11.0 Å². The van der Waals surface area contributed by atoms with Crippen molar-refractivity contribution in [3.63, 3.8) is 0 Å². The molecule has 0 spiro atoms. The van der Waals surface area contributed by atoms with Crippen molar-refractivity contribution in [3.05, 3.63) is 51.3 Å². The number of nitrogens with zero attached hydrogens (tertiary/aromatic N) is 3. The van der Waals surface area contributed by atoms with E-state index >= 15 is 0 Å².